The molecule has 2 saturated heterocycles. The van der Waals surface area contributed by atoms with Crippen molar-refractivity contribution >= 4 is 23.6 Å². The Morgan fingerprint density at radius 3 is 2.57 bits per heavy atom. The molecule has 0 aliphatic carbocycles. The van der Waals surface area contributed by atoms with Gasteiger partial charge in [-0.1, -0.05) is 45.7 Å². The van der Waals surface area contributed by atoms with E-state index in [9.17, 15) is 9.59 Å². The second-order valence-corrected chi connectivity index (χ2v) is 10.3. The summed E-state index contributed by atoms with van der Waals surface area (Å²) < 4.78 is 0. The minimum atomic E-state index is -0.128. The molecule has 6 heteroatoms. The number of likely N-dealkylation sites (tertiary alicyclic amines) is 1. The van der Waals surface area contributed by atoms with Gasteiger partial charge in [0, 0.05) is 31.0 Å². The standard InChI is InChI=1S/C24H37N3O2S/c1-4-6-7-19-8-10-20(11-9-19)23(29)27-14-12-24(13-15-27)26-21(17-30-24)22(28)25-16-18(3)5-2/h8-11,18,21,26H,4-7,12-17H2,1-3H3,(H,25,28). The van der Waals surface area contributed by atoms with Gasteiger partial charge in [-0.05, 0) is 49.3 Å². The number of nitrogens with one attached hydrogen (secondary N) is 2. The molecule has 1 spiro atoms. The molecule has 2 atom stereocenters. The van der Waals surface area contributed by atoms with Gasteiger partial charge in [-0.2, -0.15) is 0 Å². The third kappa shape index (κ3) is 5.79. The van der Waals surface area contributed by atoms with Crippen LogP contribution in [-0.4, -0.2) is 53.0 Å². The Bertz CT molecular complexity index is 714. The quantitative estimate of drug-likeness (QED) is 0.657. The van der Waals surface area contributed by atoms with E-state index >= 15 is 0 Å². The molecule has 5 nitrogen and oxygen atoms in total. The van der Waals surface area contributed by atoms with Crippen LogP contribution >= 0.6 is 11.8 Å². The van der Waals surface area contributed by atoms with E-state index in [4.69, 9.17) is 0 Å². The molecule has 1 aromatic rings. The molecule has 2 N–H and O–H groups in total. The van der Waals surface area contributed by atoms with Crippen LogP contribution in [0.3, 0.4) is 0 Å². The Morgan fingerprint density at radius 1 is 1.23 bits per heavy atom. The fourth-order valence-corrected chi connectivity index (χ4v) is 5.48. The first-order chi connectivity index (χ1) is 14.5. The lowest BCUT2D eigenvalue weighted by atomic mass is 10.0. The van der Waals surface area contributed by atoms with Crippen LogP contribution in [-0.2, 0) is 11.2 Å². The highest BCUT2D eigenvalue weighted by atomic mass is 32.2. The fourth-order valence-electron chi connectivity index (χ4n) is 4.06. The Hall–Kier alpha value is -1.53. The first-order valence-electron chi connectivity index (χ1n) is 11.5. The van der Waals surface area contributed by atoms with Crippen LogP contribution < -0.4 is 10.6 Å². The highest BCUT2D eigenvalue weighted by Crippen LogP contribution is 2.39. The van der Waals surface area contributed by atoms with E-state index in [1.54, 1.807) is 0 Å². The normalized spacial score (nSPS) is 21.6. The van der Waals surface area contributed by atoms with Crippen LogP contribution in [0.1, 0.15) is 68.8 Å². The zero-order chi connectivity index (χ0) is 21.6. The molecule has 2 aliphatic rings. The maximum Gasteiger partial charge on any atom is 0.253 e. The van der Waals surface area contributed by atoms with Crippen LogP contribution in [0.4, 0.5) is 0 Å². The number of unbranched alkanes of at least 4 members (excludes halogenated alkanes) is 1. The molecular weight excluding hydrogens is 394 g/mol. The number of rotatable bonds is 8. The van der Waals surface area contributed by atoms with Gasteiger partial charge >= 0.3 is 0 Å². The monoisotopic (exact) mass is 431 g/mol. The molecule has 2 fully saturated rings. The minimum Gasteiger partial charge on any atom is -0.354 e. The van der Waals surface area contributed by atoms with E-state index in [0.29, 0.717) is 5.92 Å². The van der Waals surface area contributed by atoms with Crippen LogP contribution in [0.2, 0.25) is 0 Å². The summed E-state index contributed by atoms with van der Waals surface area (Å²) in [6, 6.07) is 7.99. The zero-order valence-corrected chi connectivity index (χ0v) is 19.5. The van der Waals surface area contributed by atoms with Crippen molar-refractivity contribution in [1.82, 2.24) is 15.5 Å². The molecule has 0 radical (unpaired) electrons. The second kappa shape index (κ2) is 10.7. The molecule has 30 heavy (non-hydrogen) atoms. The van der Waals surface area contributed by atoms with Gasteiger partial charge in [0.1, 0.15) is 0 Å². The van der Waals surface area contributed by atoms with Gasteiger partial charge in [0.25, 0.3) is 5.91 Å². The Morgan fingerprint density at radius 2 is 1.93 bits per heavy atom. The van der Waals surface area contributed by atoms with Crippen molar-refractivity contribution in [1.29, 1.82) is 0 Å². The van der Waals surface area contributed by atoms with Gasteiger partial charge < -0.3 is 10.2 Å². The minimum absolute atomic E-state index is 0.0703. The van der Waals surface area contributed by atoms with E-state index < -0.39 is 0 Å². The molecule has 2 unspecified atom stereocenters. The fraction of sp³-hybridized carbons (Fsp3) is 0.667. The third-order valence-corrected chi connectivity index (χ3v) is 8.06. The van der Waals surface area contributed by atoms with Crippen molar-refractivity contribution in [2.45, 2.75) is 70.2 Å². The van der Waals surface area contributed by atoms with E-state index in [2.05, 4.69) is 43.5 Å². The SMILES string of the molecule is CCCCc1ccc(C(=O)N2CCC3(CC2)NC(C(=O)NCC(C)CC)CS3)cc1. The molecule has 1 aromatic carbocycles. The number of nitrogens with zero attached hydrogens (tertiary/aromatic N) is 1. The average molecular weight is 432 g/mol. The number of amides is 2. The maximum absolute atomic E-state index is 12.9. The zero-order valence-electron chi connectivity index (χ0n) is 18.7. The summed E-state index contributed by atoms with van der Waals surface area (Å²) in [5.74, 6) is 1.55. The van der Waals surface area contributed by atoms with E-state index in [1.807, 2.05) is 28.8 Å². The van der Waals surface area contributed by atoms with Crippen molar-refractivity contribution in [3.8, 4) is 0 Å². The van der Waals surface area contributed by atoms with E-state index in [-0.39, 0.29) is 22.7 Å². The molecule has 0 aromatic heterocycles. The first kappa shape index (κ1) is 23.1. The summed E-state index contributed by atoms with van der Waals surface area (Å²) in [6.07, 6.45) is 6.28. The summed E-state index contributed by atoms with van der Waals surface area (Å²) in [6.45, 7) is 8.70. The van der Waals surface area contributed by atoms with Crippen LogP contribution in [0.15, 0.2) is 24.3 Å². The molecule has 0 saturated carbocycles. The largest absolute Gasteiger partial charge is 0.354 e. The summed E-state index contributed by atoms with van der Waals surface area (Å²) in [7, 11) is 0. The van der Waals surface area contributed by atoms with Crippen LogP contribution in [0, 0.1) is 5.92 Å². The number of thioether (sulfide) groups is 1. The summed E-state index contributed by atoms with van der Waals surface area (Å²) in [5, 5.41) is 6.67. The van der Waals surface area contributed by atoms with E-state index in [0.717, 1.165) is 56.6 Å². The van der Waals surface area contributed by atoms with Gasteiger partial charge in [-0.3, -0.25) is 14.9 Å². The Balaban J connectivity index is 1.48. The van der Waals surface area contributed by atoms with Crippen molar-refractivity contribution in [3.63, 3.8) is 0 Å². The summed E-state index contributed by atoms with van der Waals surface area (Å²) >= 11 is 1.85. The highest BCUT2D eigenvalue weighted by molar-refractivity contribution is 8.01. The number of hydrogen-bond acceptors (Lipinski definition) is 4. The van der Waals surface area contributed by atoms with Gasteiger partial charge in [0.2, 0.25) is 5.91 Å². The summed E-state index contributed by atoms with van der Waals surface area (Å²) in [4.78, 5) is 27.3. The maximum atomic E-state index is 12.9. The highest BCUT2D eigenvalue weighted by Gasteiger charge is 2.44. The number of aryl methyl sites for hydroxylation is 1. The lowest BCUT2D eigenvalue weighted by Crippen LogP contribution is -2.54. The first-order valence-corrected chi connectivity index (χ1v) is 12.5. The van der Waals surface area contributed by atoms with Gasteiger partial charge in [0.15, 0.2) is 0 Å². The van der Waals surface area contributed by atoms with Crippen molar-refractivity contribution in [2.24, 2.45) is 5.92 Å². The molecule has 166 valence electrons. The van der Waals surface area contributed by atoms with E-state index in [1.165, 1.54) is 18.4 Å². The van der Waals surface area contributed by atoms with Gasteiger partial charge in [-0.25, -0.2) is 0 Å². The predicted octanol–water partition coefficient (Wildman–Crippen LogP) is 3.83. The molecule has 2 aliphatic heterocycles. The van der Waals surface area contributed by atoms with Crippen molar-refractivity contribution < 1.29 is 9.59 Å². The van der Waals surface area contributed by atoms with Gasteiger partial charge in [-0.15, -0.1) is 11.8 Å². The Kier molecular flexibility index (Phi) is 8.23. The number of piperidine rings is 1. The second-order valence-electron chi connectivity index (χ2n) is 8.85. The summed E-state index contributed by atoms with van der Waals surface area (Å²) in [5.41, 5.74) is 2.08. The van der Waals surface area contributed by atoms with Gasteiger partial charge in [0.05, 0.1) is 10.9 Å². The van der Waals surface area contributed by atoms with Crippen LogP contribution in [0.5, 0.6) is 0 Å². The molecule has 3 rings (SSSR count). The number of hydrogen-bond donors (Lipinski definition) is 2. The topological polar surface area (TPSA) is 61.4 Å². The average Bonchev–Trinajstić information content (AvgIpc) is 3.19. The van der Waals surface area contributed by atoms with Crippen LogP contribution in [0.25, 0.3) is 0 Å². The third-order valence-electron chi connectivity index (χ3n) is 6.48. The molecular formula is C24H37N3O2S. The number of carbonyl (C=O) groups excluding carboxylic acids is 2. The Labute approximate surface area is 185 Å². The predicted molar refractivity (Wildman–Crippen MR) is 125 cm³/mol. The molecule has 2 heterocycles. The van der Waals surface area contributed by atoms with Crippen molar-refractivity contribution in [2.75, 3.05) is 25.4 Å². The number of benzene rings is 1. The number of carbonyl (C=O) groups is 2. The lowest BCUT2D eigenvalue weighted by Gasteiger charge is -2.39. The lowest BCUT2D eigenvalue weighted by molar-refractivity contribution is -0.122. The molecule has 0 bridgehead atoms. The van der Waals surface area contributed by atoms with Crippen molar-refractivity contribution in [3.05, 3.63) is 35.4 Å². The smallest absolute Gasteiger partial charge is 0.253 e. The molecule has 2 amide bonds.